The van der Waals surface area contributed by atoms with Gasteiger partial charge in [-0.1, -0.05) is 54.1 Å². The zero-order valence-corrected chi connectivity index (χ0v) is 14.0. The van der Waals surface area contributed by atoms with E-state index in [4.69, 9.17) is 11.6 Å². The topological polar surface area (TPSA) is 78.8 Å². The lowest BCUT2D eigenvalue weighted by molar-refractivity contribution is 0.192. The lowest BCUT2D eigenvalue weighted by Crippen LogP contribution is -2.40. The summed E-state index contributed by atoms with van der Waals surface area (Å²) in [7, 11) is -4.08. The maximum absolute atomic E-state index is 12.4. The van der Waals surface area contributed by atoms with E-state index < -0.39 is 16.1 Å². The number of hydrogen-bond donors (Lipinski definition) is 1. The fourth-order valence-corrected chi connectivity index (χ4v) is 3.90. The maximum Gasteiger partial charge on any atom is 0.352 e. The molecule has 6 nitrogen and oxygen atoms in total. The van der Waals surface area contributed by atoms with Gasteiger partial charge in [-0.2, -0.15) is 5.10 Å². The number of benzene rings is 2. The van der Waals surface area contributed by atoms with Gasteiger partial charge in [-0.25, -0.2) is 22.9 Å². The summed E-state index contributed by atoms with van der Waals surface area (Å²) in [6.45, 7) is 0. The van der Waals surface area contributed by atoms with Gasteiger partial charge < -0.3 is 0 Å². The summed E-state index contributed by atoms with van der Waals surface area (Å²) in [5, 5.41) is 5.17. The van der Waals surface area contributed by atoms with Gasteiger partial charge in [-0.15, -0.1) is 0 Å². The second kappa shape index (κ2) is 6.62. The zero-order chi connectivity index (χ0) is 17.2. The average molecular weight is 364 g/mol. The van der Waals surface area contributed by atoms with Crippen LogP contribution < -0.4 is 4.72 Å². The van der Waals surface area contributed by atoms with Crippen LogP contribution in [-0.2, 0) is 10.0 Å². The molecule has 2 aromatic carbocycles. The molecule has 0 fully saturated rings. The molecule has 1 aliphatic rings. The first-order valence-electron chi connectivity index (χ1n) is 7.17. The molecule has 0 radical (unpaired) electrons. The molecule has 8 heteroatoms. The van der Waals surface area contributed by atoms with Gasteiger partial charge in [0.05, 0.1) is 11.1 Å². The van der Waals surface area contributed by atoms with Gasteiger partial charge >= 0.3 is 6.03 Å². The Labute approximate surface area is 144 Å². The number of nitrogens with one attached hydrogen (secondary N) is 1. The van der Waals surface area contributed by atoms with Crippen molar-refractivity contribution in [2.24, 2.45) is 5.10 Å². The maximum atomic E-state index is 12.4. The minimum Gasteiger partial charge on any atom is -0.245 e. The van der Waals surface area contributed by atoms with Crippen molar-refractivity contribution in [3.63, 3.8) is 0 Å². The van der Waals surface area contributed by atoms with Crippen LogP contribution in [-0.4, -0.2) is 25.7 Å². The van der Waals surface area contributed by atoms with Gasteiger partial charge in [0, 0.05) is 12.6 Å². The van der Waals surface area contributed by atoms with Crippen LogP contribution in [0.25, 0.3) is 0 Å². The van der Waals surface area contributed by atoms with Crippen molar-refractivity contribution in [2.75, 3.05) is 0 Å². The van der Waals surface area contributed by atoms with Crippen molar-refractivity contribution in [1.82, 2.24) is 9.73 Å². The molecule has 1 heterocycles. The molecule has 0 saturated heterocycles. The number of carbonyl (C=O) groups excluding carboxylic acids is 1. The van der Waals surface area contributed by atoms with E-state index in [1.165, 1.54) is 18.2 Å². The molecule has 3 rings (SSSR count). The second-order valence-electron chi connectivity index (χ2n) is 5.15. The van der Waals surface area contributed by atoms with Crippen LogP contribution in [0.5, 0.6) is 0 Å². The highest BCUT2D eigenvalue weighted by Crippen LogP contribution is 2.28. The minimum absolute atomic E-state index is 0.0438. The van der Waals surface area contributed by atoms with Crippen molar-refractivity contribution >= 4 is 33.9 Å². The van der Waals surface area contributed by atoms with Crippen molar-refractivity contribution in [1.29, 1.82) is 0 Å². The third kappa shape index (κ3) is 3.27. The predicted molar refractivity (Wildman–Crippen MR) is 91.3 cm³/mol. The number of amides is 2. The number of hydrogen-bond acceptors (Lipinski definition) is 4. The molecule has 0 aliphatic carbocycles. The summed E-state index contributed by atoms with van der Waals surface area (Å²) in [6.07, 6.45) is 2.10. The van der Waals surface area contributed by atoms with Crippen LogP contribution in [0.3, 0.4) is 0 Å². The van der Waals surface area contributed by atoms with Crippen molar-refractivity contribution < 1.29 is 13.2 Å². The first-order chi connectivity index (χ1) is 11.5. The Bertz CT molecular complexity index is 884. The van der Waals surface area contributed by atoms with Gasteiger partial charge in [0.15, 0.2) is 0 Å². The molecule has 2 amide bonds. The SMILES string of the molecule is O=C(NS(=O)(=O)c1ccccc1Cl)N1N=CCC1c1ccccc1. The molecule has 1 atom stereocenters. The summed E-state index contributed by atoms with van der Waals surface area (Å²) in [5.41, 5.74) is 0.875. The molecule has 0 saturated carbocycles. The lowest BCUT2D eigenvalue weighted by atomic mass is 10.1. The molecule has 1 aliphatic heterocycles. The standard InChI is InChI=1S/C16H14ClN3O3S/c17-13-8-4-5-9-15(13)24(22,23)19-16(21)20-14(10-11-18-20)12-6-2-1-3-7-12/h1-9,11,14H,10H2,(H,19,21). The van der Waals surface area contributed by atoms with Gasteiger partial charge in [0.2, 0.25) is 0 Å². The molecule has 1 unspecified atom stereocenters. The number of sulfonamides is 1. The Kier molecular flexibility index (Phi) is 4.55. The summed E-state index contributed by atoms with van der Waals surface area (Å²) >= 11 is 5.90. The van der Waals surface area contributed by atoms with Crippen molar-refractivity contribution in [2.45, 2.75) is 17.4 Å². The van der Waals surface area contributed by atoms with Gasteiger partial charge in [-0.3, -0.25) is 0 Å². The van der Waals surface area contributed by atoms with Crippen molar-refractivity contribution in [3.8, 4) is 0 Å². The Morgan fingerprint density at radius 3 is 2.50 bits per heavy atom. The average Bonchev–Trinajstić information content (AvgIpc) is 3.05. The van der Waals surface area contributed by atoms with E-state index in [1.807, 2.05) is 35.1 Å². The van der Waals surface area contributed by atoms with Crippen LogP contribution in [0.4, 0.5) is 4.79 Å². The molecule has 0 aromatic heterocycles. The van der Waals surface area contributed by atoms with E-state index in [1.54, 1.807) is 12.3 Å². The number of carbonyl (C=O) groups is 1. The Morgan fingerprint density at radius 1 is 1.12 bits per heavy atom. The van der Waals surface area contributed by atoms with E-state index in [2.05, 4.69) is 5.10 Å². The van der Waals surface area contributed by atoms with Gasteiger partial charge in [-0.05, 0) is 17.7 Å². The third-order valence-electron chi connectivity index (χ3n) is 3.57. The van der Waals surface area contributed by atoms with Crippen LogP contribution in [0.2, 0.25) is 5.02 Å². The number of urea groups is 1. The molecule has 1 N–H and O–H groups in total. The summed E-state index contributed by atoms with van der Waals surface area (Å²) < 4.78 is 26.8. The lowest BCUT2D eigenvalue weighted by Gasteiger charge is -2.22. The summed E-state index contributed by atoms with van der Waals surface area (Å²) in [6, 6.07) is 14.1. The Morgan fingerprint density at radius 2 is 1.79 bits per heavy atom. The third-order valence-corrected chi connectivity index (χ3v) is 5.39. The predicted octanol–water partition coefficient (Wildman–Crippen LogP) is 3.17. The molecule has 24 heavy (non-hydrogen) atoms. The summed E-state index contributed by atoms with van der Waals surface area (Å²) in [4.78, 5) is 12.3. The van der Waals surface area contributed by atoms with E-state index in [9.17, 15) is 13.2 Å². The number of halogens is 1. The first kappa shape index (κ1) is 16.5. The van der Waals surface area contributed by atoms with Crippen LogP contribution in [0.1, 0.15) is 18.0 Å². The number of rotatable bonds is 3. The van der Waals surface area contributed by atoms with Crippen molar-refractivity contribution in [3.05, 3.63) is 65.2 Å². The molecular weight excluding hydrogens is 350 g/mol. The highest BCUT2D eigenvalue weighted by Gasteiger charge is 2.31. The van der Waals surface area contributed by atoms with Crippen LogP contribution in [0.15, 0.2) is 64.6 Å². The van der Waals surface area contributed by atoms with Gasteiger partial charge in [0.1, 0.15) is 4.90 Å². The zero-order valence-electron chi connectivity index (χ0n) is 12.5. The first-order valence-corrected chi connectivity index (χ1v) is 9.03. The Hall–Kier alpha value is -2.38. The normalized spacial score (nSPS) is 17.0. The van der Waals surface area contributed by atoms with E-state index in [0.29, 0.717) is 6.42 Å². The summed E-state index contributed by atoms with van der Waals surface area (Å²) in [5.74, 6) is 0. The highest BCUT2D eigenvalue weighted by molar-refractivity contribution is 7.90. The van der Waals surface area contributed by atoms with E-state index >= 15 is 0 Å². The highest BCUT2D eigenvalue weighted by atomic mass is 35.5. The largest absolute Gasteiger partial charge is 0.352 e. The van der Waals surface area contributed by atoms with Crippen LogP contribution >= 0.6 is 11.6 Å². The molecule has 124 valence electrons. The molecule has 0 bridgehead atoms. The van der Waals surface area contributed by atoms with E-state index in [-0.39, 0.29) is 16.0 Å². The smallest absolute Gasteiger partial charge is 0.245 e. The quantitative estimate of drug-likeness (QED) is 0.909. The fraction of sp³-hybridized carbons (Fsp3) is 0.125. The van der Waals surface area contributed by atoms with Crippen LogP contribution in [0, 0.1) is 0 Å². The second-order valence-corrected chi connectivity index (χ2v) is 7.20. The minimum atomic E-state index is -4.08. The van der Waals surface area contributed by atoms with E-state index in [0.717, 1.165) is 10.6 Å². The Balaban J connectivity index is 1.82. The monoisotopic (exact) mass is 363 g/mol. The number of nitrogens with zero attached hydrogens (tertiary/aromatic N) is 2. The number of hydrazone groups is 1. The fourth-order valence-electron chi connectivity index (χ4n) is 2.44. The molecule has 0 spiro atoms. The van der Waals surface area contributed by atoms with Gasteiger partial charge in [0.25, 0.3) is 10.0 Å². The molecule has 2 aromatic rings. The molecular formula is C16H14ClN3O3S.